The van der Waals surface area contributed by atoms with Crippen LogP contribution in [0.5, 0.6) is 0 Å². The van der Waals surface area contributed by atoms with Crippen LogP contribution in [0.4, 0.5) is 5.69 Å². The number of aromatic nitrogens is 6. The van der Waals surface area contributed by atoms with Crippen molar-refractivity contribution < 1.29 is 9.53 Å². The van der Waals surface area contributed by atoms with Crippen molar-refractivity contribution in [3.05, 3.63) is 46.8 Å². The second kappa shape index (κ2) is 7.08. The van der Waals surface area contributed by atoms with Gasteiger partial charge in [0.05, 0.1) is 34.5 Å². The van der Waals surface area contributed by atoms with Gasteiger partial charge >= 0.3 is 0 Å². The first-order valence-corrected chi connectivity index (χ1v) is 7.91. The van der Waals surface area contributed by atoms with E-state index < -0.39 is 0 Å². The number of anilines is 1. The minimum absolute atomic E-state index is 0.298. The van der Waals surface area contributed by atoms with Gasteiger partial charge in [-0.1, -0.05) is 11.6 Å². The number of amides is 1. The number of hydrogen-bond acceptors (Lipinski definition) is 5. The molecule has 0 bridgehead atoms. The first-order valence-electron chi connectivity index (χ1n) is 7.53. The molecule has 0 unspecified atom stereocenters. The van der Waals surface area contributed by atoms with Crippen molar-refractivity contribution in [2.24, 2.45) is 0 Å². The lowest BCUT2D eigenvalue weighted by molar-refractivity contribution is 0.102. The van der Waals surface area contributed by atoms with Crippen molar-refractivity contribution in [2.45, 2.75) is 27.2 Å². The molecule has 1 N–H and O–H groups in total. The van der Waals surface area contributed by atoms with Crippen molar-refractivity contribution >= 4 is 23.2 Å². The molecular weight excluding hydrogens is 346 g/mol. The van der Waals surface area contributed by atoms with Gasteiger partial charge in [0.25, 0.3) is 5.91 Å². The second-order valence-corrected chi connectivity index (χ2v) is 5.88. The Labute approximate surface area is 149 Å². The summed E-state index contributed by atoms with van der Waals surface area (Å²) in [6.45, 7) is 4.42. The Bertz CT molecular complexity index is 896. The third kappa shape index (κ3) is 3.72. The van der Waals surface area contributed by atoms with E-state index in [2.05, 4.69) is 20.6 Å². The zero-order valence-electron chi connectivity index (χ0n) is 14.1. The predicted molar refractivity (Wildman–Crippen MR) is 91.5 cm³/mol. The maximum Gasteiger partial charge on any atom is 0.276 e. The third-order valence-corrected chi connectivity index (χ3v) is 4.14. The van der Waals surface area contributed by atoms with Crippen molar-refractivity contribution in [2.75, 3.05) is 12.4 Å². The van der Waals surface area contributed by atoms with Crippen molar-refractivity contribution in [3.8, 4) is 0 Å². The second-order valence-electron chi connectivity index (χ2n) is 5.51. The topological polar surface area (TPSA) is 91.8 Å². The summed E-state index contributed by atoms with van der Waals surface area (Å²) in [7, 11) is 1.57. The number of methoxy groups -OCH3 is 1. The van der Waals surface area contributed by atoms with Crippen LogP contribution in [0.25, 0.3) is 0 Å². The molecule has 10 heteroatoms. The molecule has 0 aromatic carbocycles. The van der Waals surface area contributed by atoms with Gasteiger partial charge in [0.1, 0.15) is 13.4 Å². The van der Waals surface area contributed by atoms with Gasteiger partial charge in [-0.15, -0.1) is 0 Å². The Morgan fingerprint density at radius 3 is 2.80 bits per heavy atom. The zero-order chi connectivity index (χ0) is 18.0. The molecule has 0 aliphatic rings. The Hall–Kier alpha value is -2.65. The van der Waals surface area contributed by atoms with E-state index in [1.807, 2.05) is 13.8 Å². The van der Waals surface area contributed by atoms with Crippen LogP contribution in [0, 0.1) is 13.8 Å². The minimum atomic E-state index is -0.317. The SMILES string of the molecule is COCn1cc(NC(=O)c2ccn(Cn3nc(C)c(Cl)c3C)n2)cn1. The Kier molecular flexibility index (Phi) is 4.86. The van der Waals surface area contributed by atoms with Gasteiger partial charge in [-0.25, -0.2) is 9.36 Å². The number of carbonyl (C=O) groups excluding carboxylic acids is 1. The lowest BCUT2D eigenvalue weighted by Gasteiger charge is -2.04. The van der Waals surface area contributed by atoms with Gasteiger partial charge in [-0.3, -0.25) is 9.48 Å². The summed E-state index contributed by atoms with van der Waals surface area (Å²) >= 11 is 6.14. The largest absolute Gasteiger partial charge is 0.362 e. The summed E-state index contributed by atoms with van der Waals surface area (Å²) < 4.78 is 9.90. The zero-order valence-corrected chi connectivity index (χ0v) is 14.9. The molecule has 9 nitrogen and oxygen atoms in total. The van der Waals surface area contributed by atoms with Crippen LogP contribution in [-0.2, 0) is 18.1 Å². The highest BCUT2D eigenvalue weighted by Crippen LogP contribution is 2.18. The summed E-state index contributed by atoms with van der Waals surface area (Å²) in [5.41, 5.74) is 2.48. The maximum absolute atomic E-state index is 12.3. The molecule has 3 heterocycles. The summed E-state index contributed by atoms with van der Waals surface area (Å²) in [5, 5.41) is 16.1. The smallest absolute Gasteiger partial charge is 0.276 e. The van der Waals surface area contributed by atoms with Gasteiger partial charge in [-0.05, 0) is 19.9 Å². The highest BCUT2D eigenvalue weighted by atomic mass is 35.5. The number of rotatable bonds is 6. The fourth-order valence-electron chi connectivity index (χ4n) is 2.34. The average molecular weight is 364 g/mol. The molecule has 0 aliphatic carbocycles. The number of nitrogens with one attached hydrogen (secondary N) is 1. The lowest BCUT2D eigenvalue weighted by atomic mass is 10.4. The summed E-state index contributed by atoms with van der Waals surface area (Å²) in [5.74, 6) is -0.317. The number of nitrogens with zero attached hydrogens (tertiary/aromatic N) is 6. The number of hydrogen-bond donors (Lipinski definition) is 1. The molecule has 3 aromatic rings. The Balaban J connectivity index is 1.67. The molecule has 0 spiro atoms. The lowest BCUT2D eigenvalue weighted by Crippen LogP contribution is -2.15. The fourth-order valence-corrected chi connectivity index (χ4v) is 2.47. The van der Waals surface area contributed by atoms with E-state index >= 15 is 0 Å². The molecule has 0 atom stereocenters. The van der Waals surface area contributed by atoms with Crippen LogP contribution in [0.1, 0.15) is 21.9 Å². The molecule has 0 saturated carbocycles. The monoisotopic (exact) mass is 363 g/mol. The van der Waals surface area contributed by atoms with Crippen molar-refractivity contribution in [3.63, 3.8) is 0 Å². The first-order chi connectivity index (χ1) is 12.0. The molecule has 0 radical (unpaired) electrons. The van der Waals surface area contributed by atoms with Crippen LogP contribution in [0.15, 0.2) is 24.7 Å². The molecule has 0 fully saturated rings. The van der Waals surface area contributed by atoms with E-state index in [1.54, 1.807) is 45.8 Å². The average Bonchev–Trinajstić information content (AvgIpc) is 3.27. The first kappa shape index (κ1) is 17.2. The predicted octanol–water partition coefficient (Wildman–Crippen LogP) is 1.91. The summed E-state index contributed by atoms with van der Waals surface area (Å²) in [6, 6.07) is 1.64. The van der Waals surface area contributed by atoms with Gasteiger partial charge in [0.2, 0.25) is 0 Å². The molecule has 3 rings (SSSR count). The number of carbonyl (C=O) groups is 1. The Morgan fingerprint density at radius 2 is 2.12 bits per heavy atom. The van der Waals surface area contributed by atoms with Crippen LogP contribution < -0.4 is 5.32 Å². The van der Waals surface area contributed by atoms with Gasteiger partial charge < -0.3 is 10.1 Å². The number of ether oxygens (including phenoxy) is 1. The Morgan fingerprint density at radius 1 is 1.32 bits per heavy atom. The summed E-state index contributed by atoms with van der Waals surface area (Å²) in [4.78, 5) is 12.3. The normalized spacial score (nSPS) is 11.0. The maximum atomic E-state index is 12.3. The highest BCUT2D eigenvalue weighted by molar-refractivity contribution is 6.31. The molecular formula is C15H18ClN7O2. The van der Waals surface area contributed by atoms with E-state index in [-0.39, 0.29) is 5.91 Å². The van der Waals surface area contributed by atoms with E-state index in [1.165, 1.54) is 0 Å². The van der Waals surface area contributed by atoms with Crippen LogP contribution in [0.3, 0.4) is 0 Å². The van der Waals surface area contributed by atoms with Crippen LogP contribution in [0.2, 0.25) is 5.02 Å². The molecule has 3 aromatic heterocycles. The quantitative estimate of drug-likeness (QED) is 0.722. The molecule has 0 aliphatic heterocycles. The van der Waals surface area contributed by atoms with Gasteiger partial charge in [-0.2, -0.15) is 15.3 Å². The van der Waals surface area contributed by atoms with Crippen molar-refractivity contribution in [1.82, 2.24) is 29.3 Å². The highest BCUT2D eigenvalue weighted by Gasteiger charge is 2.13. The van der Waals surface area contributed by atoms with Crippen molar-refractivity contribution in [1.29, 1.82) is 0 Å². The van der Waals surface area contributed by atoms with Crippen LogP contribution in [-0.4, -0.2) is 42.4 Å². The van der Waals surface area contributed by atoms with Gasteiger partial charge in [0.15, 0.2) is 5.69 Å². The van der Waals surface area contributed by atoms with E-state index in [4.69, 9.17) is 16.3 Å². The molecule has 132 valence electrons. The minimum Gasteiger partial charge on any atom is -0.362 e. The summed E-state index contributed by atoms with van der Waals surface area (Å²) in [6.07, 6.45) is 4.94. The molecule has 1 amide bonds. The van der Waals surface area contributed by atoms with Gasteiger partial charge in [0, 0.05) is 13.3 Å². The fraction of sp³-hybridized carbons (Fsp3) is 0.333. The van der Waals surface area contributed by atoms with Crippen LogP contribution >= 0.6 is 11.6 Å². The van der Waals surface area contributed by atoms with E-state index in [0.717, 1.165) is 11.4 Å². The van der Waals surface area contributed by atoms with E-state index in [0.29, 0.717) is 29.8 Å². The number of halogens is 1. The van der Waals surface area contributed by atoms with E-state index in [9.17, 15) is 4.79 Å². The third-order valence-electron chi connectivity index (χ3n) is 3.60. The number of aryl methyl sites for hydroxylation is 1. The molecule has 0 saturated heterocycles. The standard InChI is InChI=1S/C15H18ClN7O2/c1-10-14(16)11(2)23(19-10)8-21-5-4-13(20-21)15(24)18-12-6-17-22(7-12)9-25-3/h4-7H,8-9H2,1-3H3,(H,18,24). The molecule has 25 heavy (non-hydrogen) atoms.